The summed E-state index contributed by atoms with van der Waals surface area (Å²) < 4.78 is 13.9. The molecule has 34 heavy (non-hydrogen) atoms. The van der Waals surface area contributed by atoms with Crippen LogP contribution in [0.5, 0.6) is 11.5 Å². The van der Waals surface area contributed by atoms with Crippen LogP contribution in [0.15, 0.2) is 60.2 Å². The van der Waals surface area contributed by atoms with E-state index in [1.807, 2.05) is 75.4 Å². The van der Waals surface area contributed by atoms with E-state index in [4.69, 9.17) is 9.47 Å². The lowest BCUT2D eigenvalue weighted by molar-refractivity contribution is -0.112. The molecule has 3 aromatic rings. The molecule has 0 aliphatic rings. The van der Waals surface area contributed by atoms with E-state index in [9.17, 15) is 10.1 Å². The highest BCUT2D eigenvalue weighted by atomic mass is 127. The number of ether oxygens (including phenoxy) is 2. The molecule has 1 N–H and O–H groups in total. The number of carbonyl (C=O) groups is 1. The summed E-state index contributed by atoms with van der Waals surface area (Å²) in [5.41, 5.74) is 4.47. The minimum Gasteiger partial charge on any atom is -0.490 e. The first-order chi connectivity index (χ1) is 16.3. The van der Waals surface area contributed by atoms with Gasteiger partial charge in [-0.1, -0.05) is 29.8 Å². The van der Waals surface area contributed by atoms with Crippen LogP contribution in [0.25, 0.3) is 6.08 Å². The third-order valence-electron chi connectivity index (χ3n) is 4.93. The Balaban J connectivity index is 1.85. The molecule has 1 amide bonds. The van der Waals surface area contributed by atoms with Crippen molar-refractivity contribution in [3.63, 3.8) is 0 Å². The summed E-state index contributed by atoms with van der Waals surface area (Å²) in [5.74, 6) is 0.746. The molecule has 0 atom stereocenters. The van der Waals surface area contributed by atoms with Crippen LogP contribution in [-0.2, 0) is 11.4 Å². The van der Waals surface area contributed by atoms with Crippen molar-refractivity contribution in [1.82, 2.24) is 0 Å². The Hall–Kier alpha value is -2.58. The molecule has 0 spiro atoms. The largest absolute Gasteiger partial charge is 0.490 e. The van der Waals surface area contributed by atoms with E-state index in [1.54, 1.807) is 12.1 Å². The molecule has 3 rings (SSSR count). The van der Waals surface area contributed by atoms with E-state index in [1.165, 1.54) is 0 Å². The molecular formula is C27H24I2N2O3. The van der Waals surface area contributed by atoms with Gasteiger partial charge in [0, 0.05) is 9.26 Å². The summed E-state index contributed by atoms with van der Waals surface area (Å²) in [5, 5.41) is 12.5. The van der Waals surface area contributed by atoms with Crippen LogP contribution in [0, 0.1) is 32.3 Å². The van der Waals surface area contributed by atoms with Crippen molar-refractivity contribution >= 4 is 62.9 Å². The molecule has 3 aromatic carbocycles. The molecule has 0 aliphatic carbocycles. The molecule has 0 bridgehead atoms. The molecule has 0 heterocycles. The van der Waals surface area contributed by atoms with Crippen molar-refractivity contribution in [1.29, 1.82) is 5.26 Å². The van der Waals surface area contributed by atoms with Gasteiger partial charge in [-0.15, -0.1) is 0 Å². The van der Waals surface area contributed by atoms with Crippen LogP contribution in [0.2, 0.25) is 0 Å². The molecule has 0 radical (unpaired) electrons. The molecular weight excluding hydrogens is 654 g/mol. The lowest BCUT2D eigenvalue weighted by atomic mass is 10.1. The molecule has 0 saturated heterocycles. The van der Waals surface area contributed by atoms with Crippen molar-refractivity contribution < 1.29 is 14.3 Å². The molecule has 0 saturated carbocycles. The number of halogens is 2. The lowest BCUT2D eigenvalue weighted by Crippen LogP contribution is -2.14. The summed E-state index contributed by atoms with van der Waals surface area (Å²) in [6.45, 7) is 6.68. The first kappa shape index (κ1) is 26.0. The molecule has 174 valence electrons. The van der Waals surface area contributed by atoms with E-state index in [2.05, 4.69) is 50.5 Å². The molecule has 0 aromatic heterocycles. The van der Waals surface area contributed by atoms with Crippen molar-refractivity contribution in [2.24, 2.45) is 0 Å². The third-order valence-corrected chi connectivity index (χ3v) is 6.45. The Morgan fingerprint density at radius 2 is 1.79 bits per heavy atom. The van der Waals surface area contributed by atoms with E-state index >= 15 is 0 Å². The Morgan fingerprint density at radius 1 is 1.06 bits per heavy atom. The zero-order valence-corrected chi connectivity index (χ0v) is 23.4. The maximum atomic E-state index is 12.8. The quantitative estimate of drug-likeness (QED) is 0.158. The summed E-state index contributed by atoms with van der Waals surface area (Å²) in [4.78, 5) is 12.8. The normalized spacial score (nSPS) is 11.0. The molecule has 7 heteroatoms. The predicted octanol–water partition coefficient (Wildman–Crippen LogP) is 7.04. The van der Waals surface area contributed by atoms with Gasteiger partial charge in [-0.05, 0) is 119 Å². The number of nitrogens with zero attached hydrogens (tertiary/aromatic N) is 1. The highest BCUT2D eigenvalue weighted by molar-refractivity contribution is 14.1. The first-order valence-corrected chi connectivity index (χ1v) is 12.8. The van der Waals surface area contributed by atoms with Gasteiger partial charge in [-0.25, -0.2) is 0 Å². The standard InChI is InChI=1S/C27H24I2N2O3/c1-4-33-25-14-20(13-23(29)26(25)34-16-19-6-8-22(28)9-7-19)12-21(15-30)27(32)31-24-10-5-17(2)11-18(24)3/h5-14H,4,16H2,1-3H3,(H,31,32)/b21-12+. The first-order valence-electron chi connectivity index (χ1n) is 10.6. The van der Waals surface area contributed by atoms with E-state index in [-0.39, 0.29) is 5.57 Å². The second-order valence-electron chi connectivity index (χ2n) is 7.62. The second-order valence-corrected chi connectivity index (χ2v) is 10.0. The maximum absolute atomic E-state index is 12.8. The van der Waals surface area contributed by atoms with Crippen LogP contribution >= 0.6 is 45.2 Å². The van der Waals surface area contributed by atoms with Crippen molar-refractivity contribution in [2.45, 2.75) is 27.4 Å². The van der Waals surface area contributed by atoms with Gasteiger partial charge in [-0.2, -0.15) is 5.26 Å². The van der Waals surface area contributed by atoms with Gasteiger partial charge in [0.1, 0.15) is 18.2 Å². The number of anilines is 1. The molecule has 5 nitrogen and oxygen atoms in total. The average molecular weight is 678 g/mol. The van der Waals surface area contributed by atoms with E-state index < -0.39 is 5.91 Å². The van der Waals surface area contributed by atoms with Gasteiger partial charge in [0.05, 0.1) is 10.2 Å². The smallest absolute Gasteiger partial charge is 0.266 e. The lowest BCUT2D eigenvalue weighted by Gasteiger charge is -2.15. The zero-order chi connectivity index (χ0) is 24.7. The van der Waals surface area contributed by atoms with Crippen LogP contribution in [0.4, 0.5) is 5.69 Å². The molecule has 0 unspecified atom stereocenters. The Kier molecular flexibility index (Phi) is 9.36. The molecule has 0 fully saturated rings. The highest BCUT2D eigenvalue weighted by Gasteiger charge is 2.15. The fourth-order valence-corrected chi connectivity index (χ4v) is 4.41. The monoisotopic (exact) mass is 678 g/mol. The summed E-state index contributed by atoms with van der Waals surface area (Å²) >= 11 is 4.45. The SMILES string of the molecule is CCOc1cc(/C=C(\C#N)C(=O)Nc2ccc(C)cc2C)cc(I)c1OCc1ccc(I)cc1. The van der Waals surface area contributed by atoms with E-state index in [0.29, 0.717) is 36.0 Å². The Labute approximate surface area is 227 Å². The van der Waals surface area contributed by atoms with Gasteiger partial charge >= 0.3 is 0 Å². The van der Waals surface area contributed by atoms with Crippen LogP contribution in [0.1, 0.15) is 29.2 Å². The minimum atomic E-state index is -0.457. The number of hydrogen-bond donors (Lipinski definition) is 1. The number of rotatable bonds is 8. The van der Waals surface area contributed by atoms with Gasteiger partial charge < -0.3 is 14.8 Å². The van der Waals surface area contributed by atoms with Crippen molar-refractivity contribution in [3.05, 3.63) is 89.6 Å². The number of carbonyl (C=O) groups excluding carboxylic acids is 1. The maximum Gasteiger partial charge on any atom is 0.266 e. The molecule has 0 aliphatic heterocycles. The number of hydrogen-bond acceptors (Lipinski definition) is 4. The average Bonchev–Trinajstić information content (AvgIpc) is 2.80. The van der Waals surface area contributed by atoms with Crippen molar-refractivity contribution in [3.8, 4) is 17.6 Å². The fourth-order valence-electron chi connectivity index (χ4n) is 3.27. The second kappa shape index (κ2) is 12.2. The summed E-state index contributed by atoms with van der Waals surface area (Å²) in [6, 6.07) is 19.5. The Morgan fingerprint density at radius 3 is 2.44 bits per heavy atom. The summed E-state index contributed by atoms with van der Waals surface area (Å²) in [6.07, 6.45) is 1.56. The number of amides is 1. The third kappa shape index (κ3) is 6.96. The number of aryl methyl sites for hydroxylation is 2. The van der Waals surface area contributed by atoms with Crippen molar-refractivity contribution in [2.75, 3.05) is 11.9 Å². The predicted molar refractivity (Wildman–Crippen MR) is 152 cm³/mol. The zero-order valence-electron chi connectivity index (χ0n) is 19.1. The van der Waals surface area contributed by atoms with Gasteiger partial charge in [-0.3, -0.25) is 4.79 Å². The van der Waals surface area contributed by atoms with Crippen LogP contribution in [-0.4, -0.2) is 12.5 Å². The van der Waals surface area contributed by atoms with Gasteiger partial charge in [0.15, 0.2) is 11.5 Å². The van der Waals surface area contributed by atoms with Crippen LogP contribution in [0.3, 0.4) is 0 Å². The van der Waals surface area contributed by atoms with Gasteiger partial charge in [0.25, 0.3) is 5.91 Å². The number of nitriles is 1. The Bertz CT molecular complexity index is 1260. The summed E-state index contributed by atoms with van der Waals surface area (Å²) in [7, 11) is 0. The van der Waals surface area contributed by atoms with Gasteiger partial charge in [0.2, 0.25) is 0 Å². The minimum absolute atomic E-state index is 0.00535. The fraction of sp³-hybridized carbons (Fsp3) is 0.185. The highest BCUT2D eigenvalue weighted by Crippen LogP contribution is 2.35. The number of nitrogens with one attached hydrogen (secondary N) is 1. The van der Waals surface area contributed by atoms with E-state index in [0.717, 1.165) is 23.8 Å². The number of benzene rings is 3. The van der Waals surface area contributed by atoms with Crippen LogP contribution < -0.4 is 14.8 Å². The topological polar surface area (TPSA) is 71.3 Å².